The van der Waals surface area contributed by atoms with Gasteiger partial charge in [0.05, 0.1) is 0 Å². The minimum absolute atomic E-state index is 0.970. The van der Waals surface area contributed by atoms with E-state index in [4.69, 9.17) is 4.74 Å². The number of para-hydroxylation sites is 1. The summed E-state index contributed by atoms with van der Waals surface area (Å²) in [5, 5.41) is 0. The van der Waals surface area contributed by atoms with Gasteiger partial charge in [0, 0.05) is 0 Å². The molecule has 0 aliphatic heterocycles. The van der Waals surface area contributed by atoms with Gasteiger partial charge in [0.15, 0.2) is 0 Å². The Morgan fingerprint density at radius 1 is 1.36 bits per heavy atom. The van der Waals surface area contributed by atoms with Gasteiger partial charge in [-0.25, -0.2) is 0 Å². The molecule has 0 fully saturated rings. The molecule has 0 saturated heterocycles. The molecule has 1 aromatic carbocycles. The van der Waals surface area contributed by atoms with E-state index in [1.54, 1.807) is 6.61 Å². The van der Waals surface area contributed by atoms with Gasteiger partial charge in [-0.1, -0.05) is 25.1 Å². The van der Waals surface area contributed by atoms with Gasteiger partial charge in [-0.2, -0.15) is 0 Å². The average Bonchev–Trinajstić information content (AvgIpc) is 2.06. The van der Waals surface area contributed by atoms with Crippen molar-refractivity contribution in [2.45, 2.75) is 20.3 Å². The van der Waals surface area contributed by atoms with Crippen molar-refractivity contribution in [2.24, 2.45) is 0 Å². The molecule has 0 aromatic heterocycles. The summed E-state index contributed by atoms with van der Waals surface area (Å²) in [4.78, 5) is 0. The summed E-state index contributed by atoms with van der Waals surface area (Å²) in [5.41, 5.74) is 1.26. The van der Waals surface area contributed by atoms with Crippen LogP contribution >= 0.6 is 0 Å². The summed E-state index contributed by atoms with van der Waals surface area (Å²) in [6, 6.07) is 8.08. The molecule has 0 spiro atoms. The van der Waals surface area contributed by atoms with Gasteiger partial charge in [-0.05, 0) is 25.0 Å². The van der Waals surface area contributed by atoms with Crippen LogP contribution in [-0.4, -0.2) is 0 Å². The van der Waals surface area contributed by atoms with Crippen LogP contribution in [0.3, 0.4) is 0 Å². The molecular formula is C10H13O. The summed E-state index contributed by atoms with van der Waals surface area (Å²) in [6.45, 7) is 5.71. The predicted octanol–water partition coefficient (Wildman–Crippen LogP) is 2.81. The molecule has 1 nitrogen and oxygen atoms in total. The van der Waals surface area contributed by atoms with E-state index in [2.05, 4.69) is 13.0 Å². The quantitative estimate of drug-likeness (QED) is 0.642. The van der Waals surface area contributed by atoms with E-state index in [1.165, 1.54) is 5.56 Å². The molecule has 0 N–H and O–H groups in total. The smallest absolute Gasteiger partial charge is 0.132 e. The third kappa shape index (κ3) is 1.97. The highest BCUT2D eigenvalue weighted by Crippen LogP contribution is 2.18. The second-order valence-electron chi connectivity index (χ2n) is 2.31. The monoisotopic (exact) mass is 149 g/mol. The molecule has 0 heterocycles. The van der Waals surface area contributed by atoms with Crippen LogP contribution in [0.2, 0.25) is 0 Å². The average molecular weight is 149 g/mol. The van der Waals surface area contributed by atoms with E-state index in [0.29, 0.717) is 0 Å². The molecule has 59 valence electrons. The highest BCUT2D eigenvalue weighted by Gasteiger charge is 1.97. The molecular weight excluding hydrogens is 136 g/mol. The minimum atomic E-state index is 0.970. The summed E-state index contributed by atoms with van der Waals surface area (Å²) < 4.78 is 5.30. The fourth-order valence-electron chi connectivity index (χ4n) is 1.04. The maximum atomic E-state index is 5.30. The summed E-state index contributed by atoms with van der Waals surface area (Å²) in [7, 11) is 0. The number of ether oxygens (including phenoxy) is 1. The number of aryl methyl sites for hydroxylation is 1. The van der Waals surface area contributed by atoms with Crippen LogP contribution < -0.4 is 4.74 Å². The van der Waals surface area contributed by atoms with Crippen molar-refractivity contribution in [3.8, 4) is 5.75 Å². The molecule has 0 aliphatic rings. The van der Waals surface area contributed by atoms with Gasteiger partial charge in [-0.3, -0.25) is 0 Å². The lowest BCUT2D eigenvalue weighted by molar-refractivity contribution is 0.412. The van der Waals surface area contributed by atoms with Crippen LogP contribution in [-0.2, 0) is 6.42 Å². The SMILES string of the molecule is C[CH]Oc1ccccc1CC. The van der Waals surface area contributed by atoms with Crippen molar-refractivity contribution in [1.82, 2.24) is 0 Å². The zero-order valence-corrected chi connectivity index (χ0v) is 7.00. The fourth-order valence-corrected chi connectivity index (χ4v) is 1.04. The van der Waals surface area contributed by atoms with Crippen LogP contribution in [0.5, 0.6) is 5.75 Å². The van der Waals surface area contributed by atoms with E-state index in [9.17, 15) is 0 Å². The maximum Gasteiger partial charge on any atom is 0.132 e. The lowest BCUT2D eigenvalue weighted by Gasteiger charge is -2.06. The normalized spacial score (nSPS) is 9.64. The fraction of sp³-hybridized carbons (Fsp3) is 0.300. The van der Waals surface area contributed by atoms with Gasteiger partial charge in [0.25, 0.3) is 0 Å². The Morgan fingerprint density at radius 3 is 2.73 bits per heavy atom. The number of hydrogen-bond donors (Lipinski definition) is 0. The van der Waals surface area contributed by atoms with Gasteiger partial charge in [0.1, 0.15) is 12.4 Å². The van der Waals surface area contributed by atoms with Crippen LogP contribution in [0, 0.1) is 6.61 Å². The summed E-state index contributed by atoms with van der Waals surface area (Å²) in [5.74, 6) is 0.970. The van der Waals surface area contributed by atoms with Gasteiger partial charge in [0.2, 0.25) is 0 Å². The van der Waals surface area contributed by atoms with Gasteiger partial charge < -0.3 is 4.74 Å². The number of hydrogen-bond acceptors (Lipinski definition) is 1. The molecule has 11 heavy (non-hydrogen) atoms. The molecule has 0 aliphatic carbocycles. The highest BCUT2D eigenvalue weighted by molar-refractivity contribution is 5.33. The van der Waals surface area contributed by atoms with E-state index >= 15 is 0 Å². The van der Waals surface area contributed by atoms with Crippen LogP contribution in [0.4, 0.5) is 0 Å². The van der Waals surface area contributed by atoms with Crippen molar-refractivity contribution < 1.29 is 4.74 Å². The van der Waals surface area contributed by atoms with Crippen molar-refractivity contribution in [2.75, 3.05) is 0 Å². The molecule has 0 saturated carbocycles. The Kier molecular flexibility index (Phi) is 2.96. The first-order chi connectivity index (χ1) is 5.38. The molecule has 1 aromatic rings. The van der Waals surface area contributed by atoms with E-state index in [0.717, 1.165) is 12.2 Å². The zero-order chi connectivity index (χ0) is 8.10. The van der Waals surface area contributed by atoms with Gasteiger partial charge in [-0.15, -0.1) is 0 Å². The third-order valence-electron chi connectivity index (χ3n) is 1.60. The Morgan fingerprint density at radius 2 is 2.09 bits per heavy atom. The van der Waals surface area contributed by atoms with Crippen LogP contribution in [0.1, 0.15) is 19.4 Å². The summed E-state index contributed by atoms with van der Waals surface area (Å²) >= 11 is 0. The predicted molar refractivity (Wildman–Crippen MR) is 46.4 cm³/mol. The molecule has 1 rings (SSSR count). The van der Waals surface area contributed by atoms with E-state index < -0.39 is 0 Å². The van der Waals surface area contributed by atoms with Crippen molar-refractivity contribution >= 4 is 0 Å². The maximum absolute atomic E-state index is 5.30. The Hall–Kier alpha value is -0.980. The highest BCUT2D eigenvalue weighted by atomic mass is 16.5. The van der Waals surface area contributed by atoms with Crippen molar-refractivity contribution in [1.29, 1.82) is 0 Å². The van der Waals surface area contributed by atoms with E-state index in [1.807, 2.05) is 25.1 Å². The topological polar surface area (TPSA) is 9.23 Å². The van der Waals surface area contributed by atoms with Crippen LogP contribution in [0.25, 0.3) is 0 Å². The molecule has 1 radical (unpaired) electrons. The molecule has 0 amide bonds. The molecule has 0 bridgehead atoms. The van der Waals surface area contributed by atoms with Crippen molar-refractivity contribution in [3.63, 3.8) is 0 Å². The first-order valence-electron chi connectivity index (χ1n) is 3.91. The Balaban J connectivity index is 2.83. The minimum Gasteiger partial charge on any atom is -0.487 e. The molecule has 0 atom stereocenters. The first-order valence-corrected chi connectivity index (χ1v) is 3.91. The first kappa shape index (κ1) is 8.12. The number of benzene rings is 1. The number of rotatable bonds is 3. The van der Waals surface area contributed by atoms with Crippen molar-refractivity contribution in [3.05, 3.63) is 36.4 Å². The molecule has 1 heteroatoms. The second kappa shape index (κ2) is 4.02. The van der Waals surface area contributed by atoms with Crippen LogP contribution in [0.15, 0.2) is 24.3 Å². The molecule has 0 unspecified atom stereocenters. The lowest BCUT2D eigenvalue weighted by atomic mass is 10.1. The summed E-state index contributed by atoms with van der Waals surface area (Å²) in [6.07, 6.45) is 1.02. The Labute approximate surface area is 68.0 Å². The van der Waals surface area contributed by atoms with E-state index in [-0.39, 0.29) is 0 Å². The lowest BCUT2D eigenvalue weighted by Crippen LogP contribution is -1.90. The second-order valence-corrected chi connectivity index (χ2v) is 2.31. The largest absolute Gasteiger partial charge is 0.487 e. The van der Waals surface area contributed by atoms with Gasteiger partial charge >= 0.3 is 0 Å². The standard InChI is InChI=1S/C10H13O/c1-3-9-7-5-6-8-10(9)11-4-2/h4-8H,3H2,1-2H3. The Bertz CT molecular complexity index is 218. The third-order valence-corrected chi connectivity index (χ3v) is 1.60. The zero-order valence-electron chi connectivity index (χ0n) is 7.00.